The van der Waals surface area contributed by atoms with Gasteiger partial charge in [-0.3, -0.25) is 4.79 Å². The zero-order chi connectivity index (χ0) is 14.3. The van der Waals surface area contributed by atoms with Gasteiger partial charge in [-0.05, 0) is 25.0 Å². The fraction of sp³-hybridized carbons (Fsp3) is 0.286. The largest absolute Gasteiger partial charge is 0.484 e. The molecule has 0 saturated heterocycles. The minimum Gasteiger partial charge on any atom is -0.484 e. The van der Waals surface area contributed by atoms with Crippen LogP contribution in [0.5, 0.6) is 5.75 Å². The zero-order valence-electron chi connectivity index (χ0n) is 10.8. The summed E-state index contributed by atoms with van der Waals surface area (Å²) in [6.45, 7) is 5.10. The number of carbonyl (C=O) groups excluding carboxylic acids is 1. The number of carboxylic acids is 1. The third kappa shape index (κ3) is 4.83. The lowest BCUT2D eigenvalue weighted by atomic mass is 10.2. The van der Waals surface area contributed by atoms with Crippen molar-refractivity contribution in [1.82, 2.24) is 5.32 Å². The molecule has 0 fully saturated rings. The first-order valence-corrected chi connectivity index (χ1v) is 5.86. The molecule has 0 aliphatic rings. The minimum atomic E-state index is -1.09. The van der Waals surface area contributed by atoms with E-state index in [0.717, 1.165) is 5.56 Å². The first-order chi connectivity index (χ1) is 9.04. The molecule has 1 rings (SSSR count). The van der Waals surface area contributed by atoms with E-state index in [0.29, 0.717) is 5.75 Å². The van der Waals surface area contributed by atoms with Gasteiger partial charge in [0.05, 0.1) is 0 Å². The average molecular weight is 263 g/mol. The molecule has 1 aromatic rings. The Bertz CT molecular complexity index is 470. The van der Waals surface area contributed by atoms with E-state index < -0.39 is 17.9 Å². The zero-order valence-corrected chi connectivity index (χ0v) is 10.8. The van der Waals surface area contributed by atoms with Crippen molar-refractivity contribution in [1.29, 1.82) is 0 Å². The second kappa shape index (κ2) is 7.20. The predicted molar refractivity (Wildman–Crippen MR) is 71.1 cm³/mol. The Morgan fingerprint density at radius 2 is 2.16 bits per heavy atom. The van der Waals surface area contributed by atoms with Crippen molar-refractivity contribution in [2.45, 2.75) is 19.4 Å². The number of amides is 1. The molecule has 5 heteroatoms. The van der Waals surface area contributed by atoms with Crippen LogP contribution in [0.2, 0.25) is 0 Å². The molecule has 1 aromatic carbocycles. The van der Waals surface area contributed by atoms with Gasteiger partial charge in [-0.25, -0.2) is 4.79 Å². The van der Waals surface area contributed by atoms with E-state index in [9.17, 15) is 9.59 Å². The van der Waals surface area contributed by atoms with E-state index in [1.165, 1.54) is 6.08 Å². The van der Waals surface area contributed by atoms with E-state index in [4.69, 9.17) is 9.84 Å². The second-order valence-corrected chi connectivity index (χ2v) is 4.04. The Labute approximate surface area is 111 Å². The first-order valence-electron chi connectivity index (χ1n) is 5.86. The summed E-state index contributed by atoms with van der Waals surface area (Å²) in [6, 6.07) is 6.32. The van der Waals surface area contributed by atoms with Gasteiger partial charge in [0.15, 0.2) is 6.61 Å². The lowest BCUT2D eigenvalue weighted by Gasteiger charge is -2.13. The number of hydrogen-bond donors (Lipinski definition) is 2. The Hall–Kier alpha value is -2.30. The minimum absolute atomic E-state index is 0.172. The molecule has 0 bridgehead atoms. The molecule has 19 heavy (non-hydrogen) atoms. The van der Waals surface area contributed by atoms with E-state index in [-0.39, 0.29) is 13.0 Å². The van der Waals surface area contributed by atoms with Gasteiger partial charge in [0.2, 0.25) is 0 Å². The number of carbonyl (C=O) groups is 2. The first kappa shape index (κ1) is 14.8. The molecule has 5 nitrogen and oxygen atoms in total. The molecular formula is C14H17NO4. The van der Waals surface area contributed by atoms with Crippen LogP contribution in [-0.4, -0.2) is 29.6 Å². The van der Waals surface area contributed by atoms with Crippen molar-refractivity contribution < 1.29 is 19.4 Å². The SMILES string of the molecule is C=CCC(NC(=O)COc1ccccc1C)C(=O)O. The van der Waals surface area contributed by atoms with Crippen molar-refractivity contribution in [2.24, 2.45) is 0 Å². The summed E-state index contributed by atoms with van der Waals surface area (Å²) in [6.07, 6.45) is 1.62. The van der Waals surface area contributed by atoms with Crippen molar-refractivity contribution in [3.8, 4) is 5.75 Å². The highest BCUT2D eigenvalue weighted by Gasteiger charge is 2.18. The van der Waals surface area contributed by atoms with Crippen molar-refractivity contribution in [3.63, 3.8) is 0 Å². The standard InChI is InChI=1S/C14H17NO4/c1-3-6-11(14(17)18)15-13(16)9-19-12-8-5-4-7-10(12)2/h3-5,7-8,11H,1,6,9H2,2H3,(H,15,16)(H,17,18). The van der Waals surface area contributed by atoms with Crippen LogP contribution in [0.1, 0.15) is 12.0 Å². The van der Waals surface area contributed by atoms with Crippen LogP contribution in [0.25, 0.3) is 0 Å². The van der Waals surface area contributed by atoms with E-state index >= 15 is 0 Å². The number of para-hydroxylation sites is 1. The van der Waals surface area contributed by atoms with Gasteiger partial charge >= 0.3 is 5.97 Å². The summed E-state index contributed by atoms with van der Waals surface area (Å²) in [7, 11) is 0. The molecule has 1 unspecified atom stereocenters. The predicted octanol–water partition coefficient (Wildman–Crippen LogP) is 1.52. The summed E-state index contributed by atoms with van der Waals surface area (Å²) < 4.78 is 5.33. The Kier molecular flexibility index (Phi) is 5.60. The van der Waals surface area contributed by atoms with Gasteiger partial charge < -0.3 is 15.2 Å². The van der Waals surface area contributed by atoms with Crippen LogP contribution in [0, 0.1) is 6.92 Å². The molecule has 0 radical (unpaired) electrons. The summed E-state index contributed by atoms with van der Waals surface area (Å²) in [4.78, 5) is 22.4. The number of rotatable bonds is 7. The van der Waals surface area contributed by atoms with Crippen LogP contribution < -0.4 is 10.1 Å². The van der Waals surface area contributed by atoms with E-state index in [1.807, 2.05) is 19.1 Å². The molecule has 1 atom stereocenters. The number of hydrogen-bond acceptors (Lipinski definition) is 3. The van der Waals surface area contributed by atoms with Crippen LogP contribution in [-0.2, 0) is 9.59 Å². The van der Waals surface area contributed by atoms with Gasteiger partial charge in [0, 0.05) is 0 Å². The van der Waals surface area contributed by atoms with Gasteiger partial charge in [-0.15, -0.1) is 6.58 Å². The second-order valence-electron chi connectivity index (χ2n) is 4.04. The third-order valence-corrected chi connectivity index (χ3v) is 2.49. The summed E-state index contributed by atoms with van der Waals surface area (Å²) in [5, 5.41) is 11.3. The number of nitrogens with one attached hydrogen (secondary N) is 1. The van der Waals surface area contributed by atoms with Crippen LogP contribution in [0.4, 0.5) is 0 Å². The fourth-order valence-corrected chi connectivity index (χ4v) is 1.49. The van der Waals surface area contributed by atoms with Crippen LogP contribution in [0.15, 0.2) is 36.9 Å². The summed E-state index contributed by atoms with van der Waals surface area (Å²) in [5.41, 5.74) is 0.913. The van der Waals surface area contributed by atoms with Crippen LogP contribution >= 0.6 is 0 Å². The number of aryl methyl sites for hydroxylation is 1. The Morgan fingerprint density at radius 1 is 1.47 bits per heavy atom. The molecule has 0 aliphatic carbocycles. The number of carboxylic acid groups (broad SMARTS) is 1. The molecule has 0 saturated carbocycles. The molecule has 2 N–H and O–H groups in total. The lowest BCUT2D eigenvalue weighted by Crippen LogP contribution is -2.42. The smallest absolute Gasteiger partial charge is 0.326 e. The normalized spacial score (nSPS) is 11.4. The molecule has 0 heterocycles. The van der Waals surface area contributed by atoms with Crippen molar-refractivity contribution in [3.05, 3.63) is 42.5 Å². The maximum Gasteiger partial charge on any atom is 0.326 e. The highest BCUT2D eigenvalue weighted by molar-refractivity contribution is 5.84. The van der Waals surface area contributed by atoms with E-state index in [1.54, 1.807) is 12.1 Å². The van der Waals surface area contributed by atoms with E-state index in [2.05, 4.69) is 11.9 Å². The maximum atomic E-state index is 11.6. The maximum absolute atomic E-state index is 11.6. The Balaban J connectivity index is 2.49. The molecule has 102 valence electrons. The Morgan fingerprint density at radius 3 is 2.74 bits per heavy atom. The van der Waals surface area contributed by atoms with Gasteiger partial charge in [-0.2, -0.15) is 0 Å². The summed E-state index contributed by atoms with van der Waals surface area (Å²) in [5.74, 6) is -0.963. The third-order valence-electron chi connectivity index (χ3n) is 2.49. The highest BCUT2D eigenvalue weighted by atomic mass is 16.5. The van der Waals surface area contributed by atoms with Crippen LogP contribution in [0.3, 0.4) is 0 Å². The quantitative estimate of drug-likeness (QED) is 0.731. The number of aliphatic carboxylic acids is 1. The molecular weight excluding hydrogens is 246 g/mol. The van der Waals surface area contributed by atoms with Gasteiger partial charge in [0.1, 0.15) is 11.8 Å². The van der Waals surface area contributed by atoms with Crippen molar-refractivity contribution >= 4 is 11.9 Å². The lowest BCUT2D eigenvalue weighted by molar-refractivity contribution is -0.142. The van der Waals surface area contributed by atoms with Gasteiger partial charge in [0.25, 0.3) is 5.91 Å². The molecule has 0 spiro atoms. The number of ether oxygens (including phenoxy) is 1. The molecule has 0 aromatic heterocycles. The molecule has 0 aliphatic heterocycles. The monoisotopic (exact) mass is 263 g/mol. The van der Waals surface area contributed by atoms with Gasteiger partial charge in [-0.1, -0.05) is 24.3 Å². The molecule has 1 amide bonds. The number of benzene rings is 1. The summed E-state index contributed by atoms with van der Waals surface area (Å²) >= 11 is 0. The topological polar surface area (TPSA) is 75.6 Å². The van der Waals surface area contributed by atoms with Crippen molar-refractivity contribution in [2.75, 3.05) is 6.61 Å². The average Bonchev–Trinajstić information content (AvgIpc) is 2.37. The fourth-order valence-electron chi connectivity index (χ4n) is 1.49. The highest BCUT2D eigenvalue weighted by Crippen LogP contribution is 2.15.